The Morgan fingerprint density at radius 2 is 2.09 bits per heavy atom. The maximum Gasteiger partial charge on any atom is 0.169 e. The first-order chi connectivity index (χ1) is 10.7. The van der Waals surface area contributed by atoms with Crippen LogP contribution in [-0.4, -0.2) is 35.9 Å². The van der Waals surface area contributed by atoms with Crippen molar-refractivity contribution >= 4 is 16.7 Å². The second-order valence-electron chi connectivity index (χ2n) is 7.11. The Morgan fingerprint density at radius 3 is 2.91 bits per heavy atom. The number of carbonyl (C=O) groups is 1. The van der Waals surface area contributed by atoms with Crippen LogP contribution >= 0.6 is 0 Å². The van der Waals surface area contributed by atoms with E-state index in [0.717, 1.165) is 44.3 Å². The lowest BCUT2D eigenvalue weighted by molar-refractivity contribution is 0.0894. The molecule has 0 radical (unpaired) electrons. The molecule has 3 heteroatoms. The number of aryl methyl sites for hydroxylation is 2. The molecule has 4 rings (SSSR count). The molecule has 0 bridgehead atoms. The summed E-state index contributed by atoms with van der Waals surface area (Å²) >= 11 is 0. The third-order valence-electron chi connectivity index (χ3n) is 5.27. The van der Waals surface area contributed by atoms with Crippen LogP contribution in [0.25, 0.3) is 10.9 Å². The molecule has 1 aromatic carbocycles. The SMILES string of the molecule is CN(C)CC1CCCc2c(c3cccc4c3n2CCC4)C1=O. The number of benzene rings is 1. The Kier molecular flexibility index (Phi) is 3.33. The molecule has 1 aromatic heterocycles. The van der Waals surface area contributed by atoms with E-state index in [0.29, 0.717) is 5.78 Å². The molecule has 0 fully saturated rings. The van der Waals surface area contributed by atoms with Crippen molar-refractivity contribution in [1.82, 2.24) is 9.47 Å². The number of nitrogens with zero attached hydrogens (tertiary/aromatic N) is 2. The molecule has 2 aromatic rings. The molecule has 0 N–H and O–H groups in total. The first-order valence-corrected chi connectivity index (χ1v) is 8.48. The minimum Gasteiger partial charge on any atom is -0.344 e. The summed E-state index contributed by atoms with van der Waals surface area (Å²) in [5.41, 5.74) is 5.13. The lowest BCUT2D eigenvalue weighted by Crippen LogP contribution is -2.27. The van der Waals surface area contributed by atoms with Gasteiger partial charge in [0.05, 0.1) is 5.52 Å². The van der Waals surface area contributed by atoms with Gasteiger partial charge in [-0.05, 0) is 51.8 Å². The standard InChI is InChI=1S/C19H24N2O/c1-20(2)12-14-7-4-10-16-17(19(14)22)15-9-3-6-13-8-5-11-21(16)18(13)15/h3,6,9,14H,4-5,7-8,10-12H2,1-2H3. The number of Topliss-reactive ketones (excluding diaryl/α,β-unsaturated/α-hetero) is 1. The van der Waals surface area contributed by atoms with Gasteiger partial charge in [0.1, 0.15) is 0 Å². The molecular formula is C19H24N2O. The van der Waals surface area contributed by atoms with E-state index in [1.165, 1.54) is 28.6 Å². The van der Waals surface area contributed by atoms with Crippen molar-refractivity contribution in [2.45, 2.75) is 38.6 Å². The van der Waals surface area contributed by atoms with Crippen LogP contribution in [0, 0.1) is 5.92 Å². The molecule has 1 aliphatic heterocycles. The predicted octanol–water partition coefficient (Wildman–Crippen LogP) is 3.28. The van der Waals surface area contributed by atoms with Gasteiger partial charge < -0.3 is 9.47 Å². The van der Waals surface area contributed by atoms with Gasteiger partial charge >= 0.3 is 0 Å². The third kappa shape index (κ3) is 2.03. The van der Waals surface area contributed by atoms with Gasteiger partial charge in [0.2, 0.25) is 0 Å². The number of ketones is 1. The van der Waals surface area contributed by atoms with Crippen molar-refractivity contribution in [3.63, 3.8) is 0 Å². The number of hydrogen-bond acceptors (Lipinski definition) is 2. The highest BCUT2D eigenvalue weighted by Crippen LogP contribution is 2.37. The van der Waals surface area contributed by atoms with Crippen LogP contribution in [0.1, 0.15) is 40.9 Å². The molecule has 22 heavy (non-hydrogen) atoms. The van der Waals surface area contributed by atoms with Crippen molar-refractivity contribution in [2.75, 3.05) is 20.6 Å². The van der Waals surface area contributed by atoms with Crippen LogP contribution < -0.4 is 0 Å². The summed E-state index contributed by atoms with van der Waals surface area (Å²) < 4.78 is 2.46. The predicted molar refractivity (Wildman–Crippen MR) is 89.6 cm³/mol. The summed E-state index contributed by atoms with van der Waals surface area (Å²) in [5, 5.41) is 1.21. The summed E-state index contributed by atoms with van der Waals surface area (Å²) in [5.74, 6) is 0.531. The molecule has 0 saturated carbocycles. The lowest BCUT2D eigenvalue weighted by Gasteiger charge is -2.18. The molecule has 0 saturated heterocycles. The fourth-order valence-electron chi connectivity index (χ4n) is 4.41. The van der Waals surface area contributed by atoms with Gasteiger partial charge in [-0.15, -0.1) is 0 Å². The minimum atomic E-state index is 0.153. The van der Waals surface area contributed by atoms with Gasteiger partial charge in [-0.1, -0.05) is 18.2 Å². The van der Waals surface area contributed by atoms with E-state index in [2.05, 4.69) is 41.8 Å². The van der Waals surface area contributed by atoms with Crippen LogP contribution in [0.5, 0.6) is 0 Å². The Bertz CT molecular complexity index is 741. The maximum atomic E-state index is 13.2. The van der Waals surface area contributed by atoms with Crippen molar-refractivity contribution in [2.24, 2.45) is 5.92 Å². The number of para-hydroxylation sites is 1. The Hall–Kier alpha value is -1.61. The fourth-order valence-corrected chi connectivity index (χ4v) is 4.41. The highest BCUT2D eigenvalue weighted by Gasteiger charge is 2.32. The molecule has 0 spiro atoms. The summed E-state index contributed by atoms with van der Waals surface area (Å²) in [7, 11) is 4.13. The fraction of sp³-hybridized carbons (Fsp3) is 0.526. The number of rotatable bonds is 2. The van der Waals surface area contributed by atoms with E-state index in [-0.39, 0.29) is 5.92 Å². The van der Waals surface area contributed by atoms with Gasteiger partial charge in [-0.3, -0.25) is 4.79 Å². The van der Waals surface area contributed by atoms with Gasteiger partial charge in [-0.2, -0.15) is 0 Å². The molecule has 2 aliphatic rings. The molecule has 0 amide bonds. The molecule has 2 heterocycles. The van der Waals surface area contributed by atoms with E-state index in [9.17, 15) is 4.79 Å². The van der Waals surface area contributed by atoms with Crippen LogP contribution in [0.2, 0.25) is 0 Å². The second kappa shape index (κ2) is 5.24. The lowest BCUT2D eigenvalue weighted by atomic mass is 9.93. The molecular weight excluding hydrogens is 272 g/mol. The zero-order valence-electron chi connectivity index (χ0n) is 13.6. The number of hydrogen-bond donors (Lipinski definition) is 0. The summed E-state index contributed by atoms with van der Waals surface area (Å²) in [4.78, 5) is 15.4. The third-order valence-corrected chi connectivity index (χ3v) is 5.27. The zero-order chi connectivity index (χ0) is 15.3. The van der Waals surface area contributed by atoms with Gasteiger partial charge in [0, 0.05) is 35.7 Å². The van der Waals surface area contributed by atoms with Crippen LogP contribution in [0.15, 0.2) is 18.2 Å². The maximum absolute atomic E-state index is 13.2. The van der Waals surface area contributed by atoms with Crippen LogP contribution in [0.4, 0.5) is 0 Å². The minimum absolute atomic E-state index is 0.153. The number of fused-ring (bicyclic) bond motifs is 3. The average Bonchev–Trinajstić information content (AvgIpc) is 2.72. The Labute approximate surface area is 131 Å². The van der Waals surface area contributed by atoms with Crippen molar-refractivity contribution < 1.29 is 4.79 Å². The molecule has 116 valence electrons. The summed E-state index contributed by atoms with van der Waals surface area (Å²) in [6, 6.07) is 6.53. The number of carbonyl (C=O) groups excluding carboxylic acids is 1. The number of aromatic nitrogens is 1. The smallest absolute Gasteiger partial charge is 0.169 e. The van der Waals surface area contributed by atoms with Crippen molar-refractivity contribution in [3.05, 3.63) is 35.0 Å². The molecule has 1 aliphatic carbocycles. The van der Waals surface area contributed by atoms with E-state index in [1.807, 2.05) is 0 Å². The van der Waals surface area contributed by atoms with E-state index in [1.54, 1.807) is 0 Å². The van der Waals surface area contributed by atoms with Gasteiger partial charge in [0.15, 0.2) is 5.78 Å². The normalized spacial score (nSPS) is 21.2. The van der Waals surface area contributed by atoms with Crippen LogP contribution in [-0.2, 0) is 19.4 Å². The topological polar surface area (TPSA) is 25.2 Å². The quantitative estimate of drug-likeness (QED) is 0.795. The van der Waals surface area contributed by atoms with Gasteiger partial charge in [0.25, 0.3) is 0 Å². The monoisotopic (exact) mass is 296 g/mol. The summed E-state index contributed by atoms with van der Waals surface area (Å²) in [6.07, 6.45) is 5.55. The Morgan fingerprint density at radius 1 is 1.23 bits per heavy atom. The first-order valence-electron chi connectivity index (χ1n) is 8.48. The van der Waals surface area contributed by atoms with E-state index < -0.39 is 0 Å². The van der Waals surface area contributed by atoms with Crippen LogP contribution in [0.3, 0.4) is 0 Å². The van der Waals surface area contributed by atoms with Gasteiger partial charge in [-0.25, -0.2) is 0 Å². The van der Waals surface area contributed by atoms with Crippen molar-refractivity contribution in [3.8, 4) is 0 Å². The molecule has 3 nitrogen and oxygen atoms in total. The zero-order valence-corrected chi connectivity index (χ0v) is 13.6. The summed E-state index contributed by atoms with van der Waals surface area (Å²) in [6.45, 7) is 1.94. The average molecular weight is 296 g/mol. The first kappa shape index (κ1) is 14.0. The van der Waals surface area contributed by atoms with E-state index >= 15 is 0 Å². The second-order valence-corrected chi connectivity index (χ2v) is 7.11. The largest absolute Gasteiger partial charge is 0.344 e. The Balaban J connectivity index is 1.92. The highest BCUT2D eigenvalue weighted by molar-refractivity contribution is 6.11. The molecule has 1 atom stereocenters. The van der Waals surface area contributed by atoms with Crippen molar-refractivity contribution in [1.29, 1.82) is 0 Å². The van der Waals surface area contributed by atoms with E-state index in [4.69, 9.17) is 0 Å². The highest BCUT2D eigenvalue weighted by atomic mass is 16.1. The molecule has 1 unspecified atom stereocenters.